The van der Waals surface area contributed by atoms with Gasteiger partial charge in [-0.2, -0.15) is 52.7 Å². The molecule has 0 atom stereocenters. The Morgan fingerprint density at radius 3 is 0.700 bits per heavy atom. The molecule has 0 aromatic heterocycles. The van der Waals surface area contributed by atoms with Gasteiger partial charge in [-0.15, -0.1) is 0 Å². The van der Waals surface area contributed by atoms with Gasteiger partial charge in [0.2, 0.25) is 0 Å². The average molecular weight is 328 g/mol. The molecule has 120 valence electrons. The van der Waals surface area contributed by atoms with E-state index in [1.807, 2.05) is 0 Å². The summed E-state index contributed by atoms with van der Waals surface area (Å²) in [5.74, 6) is -13.3. The van der Waals surface area contributed by atoms with Crippen molar-refractivity contribution < 1.29 is 52.7 Å². The summed E-state index contributed by atoms with van der Waals surface area (Å²) < 4.78 is 146. The number of hydrogen-bond donors (Lipinski definition) is 0. The smallest absolute Gasteiger partial charge is 0.170 e. The molecular weight excluding hydrogens is 323 g/mol. The Kier molecular flexibility index (Phi) is 5.01. The molecule has 0 rings (SSSR count). The van der Waals surface area contributed by atoms with Gasteiger partial charge >= 0.3 is 24.7 Å². The lowest BCUT2D eigenvalue weighted by atomic mass is 9.67. The molecule has 0 radical (unpaired) electrons. The monoisotopic (exact) mass is 328 g/mol. The molecule has 0 saturated carbocycles. The summed E-state index contributed by atoms with van der Waals surface area (Å²) in [5, 5.41) is 0. The highest BCUT2D eigenvalue weighted by Crippen LogP contribution is 2.55. The van der Waals surface area contributed by atoms with Crippen LogP contribution in [0.15, 0.2) is 0 Å². The number of hydrogen-bond acceptors (Lipinski definition) is 0. The van der Waals surface area contributed by atoms with Crippen LogP contribution in [0, 0.1) is 11.8 Å². The first-order chi connectivity index (χ1) is 8.40. The largest absolute Gasteiger partial charge is 0.400 e. The molecular formula is C7H5BF12. The van der Waals surface area contributed by atoms with Crippen LogP contribution in [0.25, 0.3) is 0 Å². The third-order valence-electron chi connectivity index (χ3n) is 2.46. The van der Waals surface area contributed by atoms with E-state index in [-0.39, 0.29) is 7.85 Å². The van der Waals surface area contributed by atoms with E-state index < -0.39 is 42.4 Å². The second-order valence-electron chi connectivity index (χ2n) is 3.98. The lowest BCUT2D eigenvalue weighted by Crippen LogP contribution is -2.49. The predicted octanol–water partition coefficient (Wildman–Crippen LogP) is 3.89. The lowest BCUT2D eigenvalue weighted by Gasteiger charge is -2.35. The standard InChI is InChI=1S/C7H5BF12/c8-1(2(4(9,10)11)5(12,13)14)3(6(15,16)17)7(18,19)20/h1-3H,8H2. The first-order valence-corrected chi connectivity index (χ1v) is 4.67. The molecule has 0 aliphatic heterocycles. The molecule has 0 spiro atoms. The lowest BCUT2D eigenvalue weighted by molar-refractivity contribution is -0.324. The molecule has 0 aliphatic rings. The van der Waals surface area contributed by atoms with Gasteiger partial charge in [-0.25, -0.2) is 0 Å². The second-order valence-corrected chi connectivity index (χ2v) is 3.98. The van der Waals surface area contributed by atoms with Crippen molar-refractivity contribution in [3.05, 3.63) is 0 Å². The van der Waals surface area contributed by atoms with Crippen LogP contribution >= 0.6 is 0 Å². The SMILES string of the molecule is BC(C(C(F)(F)F)C(F)(F)F)C(C(F)(F)F)C(F)(F)F. The molecule has 0 bridgehead atoms. The van der Waals surface area contributed by atoms with E-state index in [0.29, 0.717) is 0 Å². The number of halogens is 12. The fourth-order valence-electron chi connectivity index (χ4n) is 1.76. The first kappa shape index (κ1) is 19.2. The van der Waals surface area contributed by atoms with Crippen molar-refractivity contribution in [1.29, 1.82) is 0 Å². The summed E-state index contributed by atoms with van der Waals surface area (Å²) in [6, 6.07) is 0. The molecule has 0 aromatic carbocycles. The van der Waals surface area contributed by atoms with E-state index in [0.717, 1.165) is 0 Å². The quantitative estimate of drug-likeness (QED) is 0.533. The van der Waals surface area contributed by atoms with Gasteiger partial charge in [0.05, 0.1) is 0 Å². The Hall–Kier alpha value is -0.775. The molecule has 0 amide bonds. The highest BCUT2D eigenvalue weighted by Gasteiger charge is 2.68. The van der Waals surface area contributed by atoms with E-state index >= 15 is 0 Å². The fourth-order valence-corrected chi connectivity index (χ4v) is 1.76. The van der Waals surface area contributed by atoms with Gasteiger partial charge in [-0.3, -0.25) is 0 Å². The Balaban J connectivity index is 5.81. The minimum absolute atomic E-state index is 0.378. The van der Waals surface area contributed by atoms with Crippen molar-refractivity contribution in [3.8, 4) is 0 Å². The summed E-state index contributed by atoms with van der Waals surface area (Å²) in [6.07, 6.45) is -25.1. The third kappa shape index (κ3) is 4.65. The van der Waals surface area contributed by atoms with Crippen LogP contribution in [0.2, 0.25) is 5.82 Å². The summed E-state index contributed by atoms with van der Waals surface area (Å²) >= 11 is 0. The van der Waals surface area contributed by atoms with Crippen molar-refractivity contribution in [2.24, 2.45) is 11.8 Å². The molecule has 20 heavy (non-hydrogen) atoms. The van der Waals surface area contributed by atoms with E-state index in [1.54, 1.807) is 0 Å². The van der Waals surface area contributed by atoms with Crippen molar-refractivity contribution in [3.63, 3.8) is 0 Å². The summed E-state index contributed by atoms with van der Waals surface area (Å²) in [5.41, 5.74) is 0. The minimum Gasteiger partial charge on any atom is -0.170 e. The van der Waals surface area contributed by atoms with E-state index in [4.69, 9.17) is 0 Å². The zero-order valence-electron chi connectivity index (χ0n) is 9.27. The maximum atomic E-state index is 12.1. The van der Waals surface area contributed by atoms with Crippen LogP contribution in [0.1, 0.15) is 0 Å². The Labute approximate surface area is 104 Å². The van der Waals surface area contributed by atoms with Crippen molar-refractivity contribution in [2.45, 2.75) is 30.5 Å². The van der Waals surface area contributed by atoms with Gasteiger partial charge in [-0.05, 0) is 5.82 Å². The van der Waals surface area contributed by atoms with E-state index in [2.05, 4.69) is 0 Å². The fraction of sp³-hybridized carbons (Fsp3) is 1.00. The molecule has 0 N–H and O–H groups in total. The summed E-state index contributed by atoms with van der Waals surface area (Å²) in [6.45, 7) is 0. The number of alkyl halides is 12. The van der Waals surface area contributed by atoms with Crippen molar-refractivity contribution >= 4 is 7.85 Å². The zero-order chi connectivity index (χ0) is 16.7. The predicted molar refractivity (Wildman–Crippen MR) is 43.5 cm³/mol. The molecule has 0 saturated heterocycles. The molecule has 0 heterocycles. The van der Waals surface area contributed by atoms with Gasteiger partial charge in [-0.1, -0.05) is 0 Å². The van der Waals surface area contributed by atoms with Crippen LogP contribution in [0.4, 0.5) is 52.7 Å². The van der Waals surface area contributed by atoms with Gasteiger partial charge in [0, 0.05) is 0 Å². The maximum Gasteiger partial charge on any atom is 0.400 e. The number of rotatable bonds is 2. The Morgan fingerprint density at radius 1 is 0.450 bits per heavy atom. The molecule has 13 heteroatoms. The minimum atomic E-state index is -6.29. The third-order valence-corrected chi connectivity index (χ3v) is 2.46. The van der Waals surface area contributed by atoms with Crippen LogP contribution in [-0.4, -0.2) is 32.6 Å². The highest BCUT2D eigenvalue weighted by molar-refractivity contribution is 6.12. The van der Waals surface area contributed by atoms with Crippen molar-refractivity contribution in [2.75, 3.05) is 0 Å². The molecule has 0 unspecified atom stereocenters. The summed E-state index contributed by atoms with van der Waals surface area (Å²) in [4.78, 5) is 0. The molecule has 0 fully saturated rings. The molecule has 0 aliphatic carbocycles. The Morgan fingerprint density at radius 2 is 0.600 bits per heavy atom. The van der Waals surface area contributed by atoms with Crippen LogP contribution in [-0.2, 0) is 0 Å². The average Bonchev–Trinajstić information content (AvgIpc) is 1.88. The Bertz CT molecular complexity index is 259. The van der Waals surface area contributed by atoms with Gasteiger partial charge < -0.3 is 0 Å². The first-order valence-electron chi connectivity index (χ1n) is 4.67. The summed E-state index contributed by atoms with van der Waals surface area (Å²) in [7, 11) is -0.378. The van der Waals surface area contributed by atoms with E-state index in [1.165, 1.54) is 0 Å². The van der Waals surface area contributed by atoms with Gasteiger partial charge in [0.25, 0.3) is 0 Å². The van der Waals surface area contributed by atoms with E-state index in [9.17, 15) is 52.7 Å². The van der Waals surface area contributed by atoms with Crippen LogP contribution < -0.4 is 0 Å². The maximum absolute atomic E-state index is 12.1. The van der Waals surface area contributed by atoms with Gasteiger partial charge in [0.1, 0.15) is 19.7 Å². The van der Waals surface area contributed by atoms with Crippen molar-refractivity contribution in [1.82, 2.24) is 0 Å². The van der Waals surface area contributed by atoms with Crippen LogP contribution in [0.5, 0.6) is 0 Å². The second kappa shape index (κ2) is 5.21. The molecule has 0 nitrogen and oxygen atoms in total. The highest BCUT2D eigenvalue weighted by atomic mass is 19.4. The zero-order valence-corrected chi connectivity index (χ0v) is 9.27. The van der Waals surface area contributed by atoms with Crippen LogP contribution in [0.3, 0.4) is 0 Å². The van der Waals surface area contributed by atoms with Gasteiger partial charge in [0.15, 0.2) is 0 Å². The topological polar surface area (TPSA) is 0 Å². The normalized spacial score (nSPS) is 15.6. The molecule has 0 aromatic rings.